The summed E-state index contributed by atoms with van der Waals surface area (Å²) in [6.45, 7) is 2.50. The molecule has 2 N–H and O–H groups in total. The van der Waals surface area contributed by atoms with Crippen LogP contribution in [0.5, 0.6) is 0 Å². The molecular weight excluding hydrogens is 284 g/mol. The van der Waals surface area contributed by atoms with E-state index < -0.39 is 0 Å². The van der Waals surface area contributed by atoms with Gasteiger partial charge in [-0.05, 0) is 19.1 Å². The maximum atomic E-state index is 6.04. The molecule has 19 heavy (non-hydrogen) atoms. The van der Waals surface area contributed by atoms with Crippen LogP contribution in [0.4, 0.5) is 11.5 Å². The molecule has 0 aromatic carbocycles. The Labute approximate surface area is 122 Å². The van der Waals surface area contributed by atoms with Crippen LogP contribution in [-0.2, 0) is 4.74 Å². The molecule has 2 rings (SSSR count). The number of anilines is 2. The Balaban J connectivity index is 2.07. The fourth-order valence-corrected chi connectivity index (χ4v) is 3.18. The lowest BCUT2D eigenvalue weighted by Gasteiger charge is -2.36. The maximum Gasteiger partial charge on any atom is 0.157 e. The van der Waals surface area contributed by atoms with Crippen LogP contribution < -0.4 is 10.6 Å². The van der Waals surface area contributed by atoms with E-state index in [1.165, 1.54) is 6.33 Å². The van der Waals surface area contributed by atoms with Gasteiger partial charge in [-0.1, -0.05) is 11.6 Å². The zero-order valence-corrected chi connectivity index (χ0v) is 12.8. The third-order valence-electron chi connectivity index (χ3n) is 3.47. The number of hydrogen-bond donors (Lipinski definition) is 2. The molecule has 7 heteroatoms. The van der Waals surface area contributed by atoms with Gasteiger partial charge < -0.3 is 15.4 Å². The van der Waals surface area contributed by atoms with Crippen molar-refractivity contribution in [3.05, 3.63) is 11.5 Å². The smallest absolute Gasteiger partial charge is 0.157 e. The first kappa shape index (κ1) is 14.7. The number of halogens is 1. The highest BCUT2D eigenvalue weighted by molar-refractivity contribution is 8.00. The quantitative estimate of drug-likeness (QED) is 0.815. The van der Waals surface area contributed by atoms with Crippen molar-refractivity contribution in [2.45, 2.75) is 17.6 Å². The van der Waals surface area contributed by atoms with Crippen molar-refractivity contribution < 1.29 is 4.74 Å². The van der Waals surface area contributed by atoms with E-state index in [1.54, 1.807) is 0 Å². The number of aromatic nitrogens is 2. The lowest BCUT2D eigenvalue weighted by molar-refractivity contribution is 0.0802. The predicted molar refractivity (Wildman–Crippen MR) is 81.4 cm³/mol. The van der Waals surface area contributed by atoms with Crippen molar-refractivity contribution >= 4 is 34.9 Å². The molecule has 1 aliphatic rings. The van der Waals surface area contributed by atoms with E-state index in [0.29, 0.717) is 5.15 Å². The van der Waals surface area contributed by atoms with Crippen molar-refractivity contribution in [1.29, 1.82) is 0 Å². The first-order valence-corrected chi connectivity index (χ1v) is 7.86. The summed E-state index contributed by atoms with van der Waals surface area (Å²) in [5.74, 6) is 0.752. The van der Waals surface area contributed by atoms with E-state index in [2.05, 4.69) is 26.9 Å². The van der Waals surface area contributed by atoms with Gasteiger partial charge in [-0.3, -0.25) is 0 Å². The fourth-order valence-electron chi connectivity index (χ4n) is 2.16. The second kappa shape index (κ2) is 6.63. The van der Waals surface area contributed by atoms with Crippen LogP contribution in [-0.4, -0.2) is 47.8 Å². The second-order valence-corrected chi connectivity index (χ2v) is 6.12. The maximum absolute atomic E-state index is 6.04. The summed E-state index contributed by atoms with van der Waals surface area (Å²) in [5, 5.41) is 6.86. The topological polar surface area (TPSA) is 59.1 Å². The van der Waals surface area contributed by atoms with Crippen LogP contribution in [0.2, 0.25) is 5.15 Å². The molecule has 0 aliphatic carbocycles. The lowest BCUT2D eigenvalue weighted by Crippen LogP contribution is -2.39. The van der Waals surface area contributed by atoms with E-state index in [4.69, 9.17) is 16.3 Å². The standard InChI is InChI=1S/C12H19ClN4OS/c1-14-9-10(13)16-8-17-11(9)15-7-12(19-2)3-5-18-6-4-12/h8,14H,3-7H2,1-2H3,(H,15,16,17). The number of rotatable bonds is 5. The van der Waals surface area contributed by atoms with Gasteiger partial charge in [-0.2, -0.15) is 11.8 Å². The molecule has 2 heterocycles. The van der Waals surface area contributed by atoms with Crippen LogP contribution in [0.25, 0.3) is 0 Å². The fraction of sp³-hybridized carbons (Fsp3) is 0.667. The number of thioether (sulfide) groups is 1. The second-order valence-electron chi connectivity index (χ2n) is 4.49. The average Bonchev–Trinajstić information content (AvgIpc) is 2.46. The zero-order chi connectivity index (χ0) is 13.7. The number of hydrogen-bond acceptors (Lipinski definition) is 6. The van der Waals surface area contributed by atoms with Crippen molar-refractivity contribution in [1.82, 2.24) is 9.97 Å². The van der Waals surface area contributed by atoms with Gasteiger partial charge in [-0.15, -0.1) is 0 Å². The molecule has 0 saturated carbocycles. The molecule has 1 saturated heterocycles. The Morgan fingerprint density at radius 1 is 1.42 bits per heavy atom. The minimum Gasteiger partial charge on any atom is -0.383 e. The van der Waals surface area contributed by atoms with Crippen molar-refractivity contribution in [3.8, 4) is 0 Å². The highest BCUT2D eigenvalue weighted by Crippen LogP contribution is 2.35. The third-order valence-corrected chi connectivity index (χ3v) is 5.17. The van der Waals surface area contributed by atoms with Gasteiger partial charge in [0.15, 0.2) is 11.0 Å². The summed E-state index contributed by atoms with van der Waals surface area (Å²) in [7, 11) is 1.81. The summed E-state index contributed by atoms with van der Waals surface area (Å²) in [5.41, 5.74) is 0.743. The monoisotopic (exact) mass is 302 g/mol. The van der Waals surface area contributed by atoms with Gasteiger partial charge in [0, 0.05) is 31.6 Å². The van der Waals surface area contributed by atoms with Gasteiger partial charge in [0.05, 0.1) is 0 Å². The van der Waals surface area contributed by atoms with E-state index in [-0.39, 0.29) is 4.75 Å². The molecule has 106 valence electrons. The van der Waals surface area contributed by atoms with E-state index in [0.717, 1.165) is 44.1 Å². The molecule has 1 aliphatic heterocycles. The SMILES string of the molecule is CNc1c(Cl)ncnc1NCC1(SC)CCOCC1. The first-order valence-electron chi connectivity index (χ1n) is 6.26. The highest BCUT2D eigenvalue weighted by atomic mass is 35.5. The largest absolute Gasteiger partial charge is 0.383 e. The van der Waals surface area contributed by atoms with Gasteiger partial charge in [0.2, 0.25) is 0 Å². The Hall–Kier alpha value is -0.720. The molecule has 0 bridgehead atoms. The van der Waals surface area contributed by atoms with Crippen molar-refractivity contribution in [2.24, 2.45) is 0 Å². The number of nitrogens with zero attached hydrogens (tertiary/aromatic N) is 2. The first-order chi connectivity index (χ1) is 9.21. The number of nitrogens with one attached hydrogen (secondary N) is 2. The molecule has 1 aromatic heterocycles. The Kier molecular flexibility index (Phi) is 5.13. The van der Waals surface area contributed by atoms with Gasteiger partial charge in [0.1, 0.15) is 12.0 Å². The highest BCUT2D eigenvalue weighted by Gasteiger charge is 2.31. The van der Waals surface area contributed by atoms with Crippen LogP contribution in [0.15, 0.2) is 6.33 Å². The molecule has 0 atom stereocenters. The zero-order valence-electron chi connectivity index (χ0n) is 11.2. The molecule has 0 radical (unpaired) electrons. The minimum absolute atomic E-state index is 0.209. The Morgan fingerprint density at radius 2 is 2.16 bits per heavy atom. The molecule has 1 aromatic rings. The molecule has 1 fully saturated rings. The van der Waals surface area contributed by atoms with Crippen molar-refractivity contribution in [2.75, 3.05) is 43.7 Å². The van der Waals surface area contributed by atoms with Crippen LogP contribution in [0.1, 0.15) is 12.8 Å². The summed E-state index contributed by atoms with van der Waals surface area (Å²) in [4.78, 5) is 8.22. The van der Waals surface area contributed by atoms with Gasteiger partial charge in [0.25, 0.3) is 0 Å². The van der Waals surface area contributed by atoms with E-state index >= 15 is 0 Å². The van der Waals surface area contributed by atoms with Crippen LogP contribution in [0, 0.1) is 0 Å². The van der Waals surface area contributed by atoms with Gasteiger partial charge in [-0.25, -0.2) is 9.97 Å². The van der Waals surface area contributed by atoms with Crippen LogP contribution >= 0.6 is 23.4 Å². The normalized spacial score (nSPS) is 18.1. The summed E-state index contributed by atoms with van der Waals surface area (Å²) >= 11 is 7.93. The molecule has 0 spiro atoms. The summed E-state index contributed by atoms with van der Waals surface area (Å²) < 4.78 is 5.65. The Morgan fingerprint density at radius 3 is 2.79 bits per heavy atom. The summed E-state index contributed by atoms with van der Waals surface area (Å²) in [6, 6.07) is 0. The summed E-state index contributed by atoms with van der Waals surface area (Å²) in [6.07, 6.45) is 5.73. The van der Waals surface area contributed by atoms with E-state index in [9.17, 15) is 0 Å². The average molecular weight is 303 g/mol. The number of ether oxygens (including phenoxy) is 1. The van der Waals surface area contributed by atoms with Gasteiger partial charge >= 0.3 is 0 Å². The predicted octanol–water partition coefficient (Wildman–Crippen LogP) is 2.50. The lowest BCUT2D eigenvalue weighted by atomic mass is 9.99. The molecule has 0 unspecified atom stereocenters. The minimum atomic E-state index is 0.209. The molecule has 5 nitrogen and oxygen atoms in total. The van der Waals surface area contributed by atoms with Crippen molar-refractivity contribution in [3.63, 3.8) is 0 Å². The Bertz CT molecular complexity index is 426. The molecular formula is C12H19ClN4OS. The van der Waals surface area contributed by atoms with Crippen LogP contribution in [0.3, 0.4) is 0 Å². The van der Waals surface area contributed by atoms with E-state index in [1.807, 2.05) is 18.8 Å². The molecule has 0 amide bonds. The third kappa shape index (κ3) is 3.43.